The van der Waals surface area contributed by atoms with E-state index in [0.29, 0.717) is 0 Å². The summed E-state index contributed by atoms with van der Waals surface area (Å²) in [6.45, 7) is 5.26. The summed E-state index contributed by atoms with van der Waals surface area (Å²) >= 11 is 1.22. The first-order chi connectivity index (χ1) is 4.22. The molecule has 50 valence electrons. The minimum Gasteiger partial charge on any atom is -0.282 e. The van der Waals surface area contributed by atoms with E-state index in [1.54, 1.807) is 25.3 Å². The van der Waals surface area contributed by atoms with Crippen LogP contribution in [0.1, 0.15) is 6.92 Å². The van der Waals surface area contributed by atoms with Crippen molar-refractivity contribution >= 4 is 16.9 Å². The molecule has 1 nitrogen and oxygen atoms in total. The van der Waals surface area contributed by atoms with E-state index >= 15 is 0 Å². The Morgan fingerprint density at radius 2 is 2.22 bits per heavy atom. The van der Waals surface area contributed by atoms with E-state index in [2.05, 4.69) is 6.58 Å². The second-order valence-corrected chi connectivity index (χ2v) is 2.36. The number of hydrogen-bond acceptors (Lipinski definition) is 2. The van der Waals surface area contributed by atoms with Gasteiger partial charge in [-0.3, -0.25) is 4.79 Å². The molecule has 2 heteroatoms. The molecule has 0 aliphatic carbocycles. The Labute approximate surface area is 59.8 Å². The van der Waals surface area contributed by atoms with Gasteiger partial charge in [0, 0.05) is 5.57 Å². The predicted molar refractivity (Wildman–Crippen MR) is 42.5 cm³/mol. The summed E-state index contributed by atoms with van der Waals surface area (Å²) in [6, 6.07) is 0. The fourth-order valence-electron chi connectivity index (χ4n) is 0.406. The molecule has 9 heavy (non-hydrogen) atoms. The van der Waals surface area contributed by atoms with Crippen molar-refractivity contribution in [1.82, 2.24) is 0 Å². The van der Waals surface area contributed by atoms with Gasteiger partial charge < -0.3 is 0 Å². The van der Waals surface area contributed by atoms with Gasteiger partial charge in [-0.1, -0.05) is 30.5 Å². The second-order valence-electron chi connectivity index (χ2n) is 1.58. The monoisotopic (exact) mass is 142 g/mol. The average molecular weight is 142 g/mol. The van der Waals surface area contributed by atoms with Crippen molar-refractivity contribution in [3.05, 3.63) is 24.3 Å². The first kappa shape index (κ1) is 8.50. The van der Waals surface area contributed by atoms with Crippen LogP contribution in [0.25, 0.3) is 0 Å². The molecule has 0 radical (unpaired) electrons. The molecule has 0 amide bonds. The third-order valence-electron chi connectivity index (χ3n) is 0.875. The Morgan fingerprint density at radius 3 is 2.56 bits per heavy atom. The molecule has 0 N–H and O–H groups in total. The summed E-state index contributed by atoms with van der Waals surface area (Å²) in [5, 5.41) is 0.106. The molecular weight excluding hydrogens is 132 g/mol. The summed E-state index contributed by atoms with van der Waals surface area (Å²) in [4.78, 5) is 10.7. The van der Waals surface area contributed by atoms with Crippen molar-refractivity contribution in [2.24, 2.45) is 0 Å². The molecule has 0 saturated heterocycles. The van der Waals surface area contributed by atoms with Gasteiger partial charge in [-0.25, -0.2) is 0 Å². The van der Waals surface area contributed by atoms with Crippen LogP contribution in [0.3, 0.4) is 0 Å². The van der Waals surface area contributed by atoms with Crippen LogP contribution < -0.4 is 0 Å². The van der Waals surface area contributed by atoms with Crippen LogP contribution in [0.5, 0.6) is 0 Å². The molecule has 0 aromatic rings. The van der Waals surface area contributed by atoms with E-state index in [9.17, 15) is 4.79 Å². The molecule has 0 aliphatic rings. The van der Waals surface area contributed by atoms with Crippen molar-refractivity contribution in [3.8, 4) is 0 Å². The molecule has 0 unspecified atom stereocenters. The molecule has 0 bridgehead atoms. The standard InChI is InChI=1S/C7H10OS/c1-4-5-6(2)7(8)9-3/h4-5H,1H2,2-3H3/b6-5-. The number of allylic oxidation sites excluding steroid dienone is 2. The van der Waals surface area contributed by atoms with Crippen LogP contribution in [-0.4, -0.2) is 11.4 Å². The summed E-state index contributed by atoms with van der Waals surface area (Å²) in [7, 11) is 0. The van der Waals surface area contributed by atoms with Gasteiger partial charge in [0.25, 0.3) is 0 Å². The Hall–Kier alpha value is -0.500. The molecule has 0 spiro atoms. The minimum absolute atomic E-state index is 0.106. The fraction of sp³-hybridized carbons (Fsp3) is 0.286. The molecule has 0 heterocycles. The maximum absolute atomic E-state index is 10.7. The Morgan fingerprint density at radius 1 is 1.67 bits per heavy atom. The molecular formula is C7H10OS. The lowest BCUT2D eigenvalue weighted by atomic mass is 10.3. The number of hydrogen-bond donors (Lipinski definition) is 0. The molecule has 0 rings (SSSR count). The van der Waals surface area contributed by atoms with Gasteiger partial charge in [-0.2, -0.15) is 0 Å². The van der Waals surface area contributed by atoms with E-state index < -0.39 is 0 Å². The largest absolute Gasteiger partial charge is 0.282 e. The first-order valence-corrected chi connectivity index (χ1v) is 3.82. The quantitative estimate of drug-likeness (QED) is 0.433. The van der Waals surface area contributed by atoms with E-state index in [0.717, 1.165) is 5.57 Å². The van der Waals surface area contributed by atoms with Crippen molar-refractivity contribution in [2.45, 2.75) is 6.92 Å². The van der Waals surface area contributed by atoms with E-state index in [1.807, 2.05) is 0 Å². The fourth-order valence-corrected chi connectivity index (χ4v) is 0.796. The van der Waals surface area contributed by atoms with Crippen molar-refractivity contribution in [2.75, 3.05) is 6.26 Å². The van der Waals surface area contributed by atoms with Gasteiger partial charge >= 0.3 is 0 Å². The highest BCUT2D eigenvalue weighted by molar-refractivity contribution is 8.13. The smallest absolute Gasteiger partial charge is 0.214 e. The Kier molecular flexibility index (Phi) is 4.14. The van der Waals surface area contributed by atoms with Crippen molar-refractivity contribution in [3.63, 3.8) is 0 Å². The summed E-state index contributed by atoms with van der Waals surface area (Å²) < 4.78 is 0. The topological polar surface area (TPSA) is 17.1 Å². The summed E-state index contributed by atoms with van der Waals surface area (Å²) in [5.74, 6) is 0. The van der Waals surface area contributed by atoms with Crippen LogP contribution in [0, 0.1) is 0 Å². The van der Waals surface area contributed by atoms with Crippen LogP contribution in [0.4, 0.5) is 0 Å². The van der Waals surface area contributed by atoms with E-state index in [1.165, 1.54) is 11.8 Å². The zero-order valence-corrected chi connectivity index (χ0v) is 6.49. The van der Waals surface area contributed by atoms with Gasteiger partial charge in [0.05, 0.1) is 0 Å². The maximum Gasteiger partial charge on any atom is 0.214 e. The van der Waals surface area contributed by atoms with Crippen LogP contribution in [0.2, 0.25) is 0 Å². The Bertz CT molecular complexity index is 147. The van der Waals surface area contributed by atoms with E-state index in [-0.39, 0.29) is 5.12 Å². The minimum atomic E-state index is 0.106. The maximum atomic E-state index is 10.7. The first-order valence-electron chi connectivity index (χ1n) is 2.60. The van der Waals surface area contributed by atoms with Crippen LogP contribution in [-0.2, 0) is 4.79 Å². The van der Waals surface area contributed by atoms with E-state index in [4.69, 9.17) is 0 Å². The lowest BCUT2D eigenvalue weighted by Crippen LogP contribution is -1.89. The van der Waals surface area contributed by atoms with Gasteiger partial charge in [0.15, 0.2) is 0 Å². The molecule has 0 fully saturated rings. The third-order valence-corrected chi connectivity index (χ3v) is 1.57. The lowest BCUT2D eigenvalue weighted by Gasteiger charge is -1.91. The number of carbonyl (C=O) groups excluding carboxylic acids is 1. The van der Waals surface area contributed by atoms with Crippen LogP contribution >= 0.6 is 11.8 Å². The van der Waals surface area contributed by atoms with Crippen molar-refractivity contribution < 1.29 is 4.79 Å². The highest BCUT2D eigenvalue weighted by atomic mass is 32.2. The second kappa shape index (κ2) is 4.39. The Balaban J connectivity index is 4.01. The normalized spacial score (nSPS) is 11.1. The molecule has 0 aliphatic heterocycles. The summed E-state index contributed by atoms with van der Waals surface area (Å²) in [5.41, 5.74) is 0.748. The number of carbonyl (C=O) groups is 1. The summed E-state index contributed by atoms with van der Waals surface area (Å²) in [6.07, 6.45) is 5.09. The lowest BCUT2D eigenvalue weighted by molar-refractivity contribution is -0.107. The predicted octanol–water partition coefficient (Wildman–Crippen LogP) is 2.01. The number of thioether (sulfide) groups is 1. The zero-order valence-electron chi connectivity index (χ0n) is 5.68. The third kappa shape index (κ3) is 3.14. The molecule has 0 saturated carbocycles. The van der Waals surface area contributed by atoms with Gasteiger partial charge in [-0.05, 0) is 13.2 Å². The van der Waals surface area contributed by atoms with Gasteiger partial charge in [0.2, 0.25) is 5.12 Å². The van der Waals surface area contributed by atoms with Gasteiger partial charge in [-0.15, -0.1) is 0 Å². The highest BCUT2D eigenvalue weighted by Gasteiger charge is 1.97. The van der Waals surface area contributed by atoms with Crippen molar-refractivity contribution in [1.29, 1.82) is 0 Å². The molecule has 0 aromatic heterocycles. The SMILES string of the molecule is C=C/C=C(/C)C(=O)SC. The van der Waals surface area contributed by atoms with Gasteiger partial charge in [0.1, 0.15) is 0 Å². The van der Waals surface area contributed by atoms with Crippen LogP contribution in [0.15, 0.2) is 24.3 Å². The molecule has 0 aromatic carbocycles. The zero-order chi connectivity index (χ0) is 7.28. The number of rotatable bonds is 2. The highest BCUT2D eigenvalue weighted by Crippen LogP contribution is 2.05. The average Bonchev–Trinajstić information content (AvgIpc) is 1.87. The molecule has 0 atom stereocenters.